The van der Waals surface area contributed by atoms with Gasteiger partial charge in [0.15, 0.2) is 0 Å². The van der Waals surface area contributed by atoms with Crippen LogP contribution in [0.4, 0.5) is 11.4 Å². The van der Waals surface area contributed by atoms with Gasteiger partial charge in [0, 0.05) is 31.0 Å². The number of hydrogen-bond acceptors (Lipinski definition) is 3. The van der Waals surface area contributed by atoms with Crippen LogP contribution >= 0.6 is 0 Å². The summed E-state index contributed by atoms with van der Waals surface area (Å²) in [4.78, 5) is 14.6. The smallest absolute Gasteiger partial charge is 0.242 e. The molecule has 0 saturated carbocycles. The third-order valence-electron chi connectivity index (χ3n) is 4.42. The molecule has 0 aliphatic carbocycles. The van der Waals surface area contributed by atoms with Gasteiger partial charge < -0.3 is 15.5 Å². The van der Waals surface area contributed by atoms with Crippen LogP contribution in [-0.2, 0) is 11.3 Å². The maximum Gasteiger partial charge on any atom is 0.242 e. The molecule has 126 valence electrons. The summed E-state index contributed by atoms with van der Waals surface area (Å²) in [6.45, 7) is 4.73. The lowest BCUT2D eigenvalue weighted by atomic mass is 10.2. The van der Waals surface area contributed by atoms with Crippen LogP contribution < -0.4 is 15.5 Å². The first-order chi connectivity index (χ1) is 11.7. The van der Waals surface area contributed by atoms with Crippen LogP contribution in [0, 0.1) is 0 Å². The van der Waals surface area contributed by atoms with Gasteiger partial charge in [-0.1, -0.05) is 30.3 Å². The molecule has 2 aromatic carbocycles. The van der Waals surface area contributed by atoms with Crippen LogP contribution in [0.15, 0.2) is 54.6 Å². The van der Waals surface area contributed by atoms with E-state index in [4.69, 9.17) is 0 Å². The number of carbonyl (C=O) groups is 1. The van der Waals surface area contributed by atoms with Gasteiger partial charge >= 0.3 is 0 Å². The van der Waals surface area contributed by atoms with Crippen molar-refractivity contribution in [1.29, 1.82) is 0 Å². The Morgan fingerprint density at radius 1 is 1.04 bits per heavy atom. The van der Waals surface area contributed by atoms with E-state index < -0.39 is 0 Å². The van der Waals surface area contributed by atoms with E-state index in [2.05, 4.69) is 39.8 Å². The van der Waals surface area contributed by atoms with E-state index in [-0.39, 0.29) is 11.9 Å². The van der Waals surface area contributed by atoms with Gasteiger partial charge in [-0.3, -0.25) is 4.79 Å². The zero-order chi connectivity index (χ0) is 16.8. The zero-order valence-corrected chi connectivity index (χ0v) is 14.2. The van der Waals surface area contributed by atoms with Crippen LogP contribution in [-0.4, -0.2) is 25.0 Å². The largest absolute Gasteiger partial charge is 0.374 e. The fourth-order valence-electron chi connectivity index (χ4n) is 3.00. The fourth-order valence-corrected chi connectivity index (χ4v) is 3.00. The summed E-state index contributed by atoms with van der Waals surface area (Å²) >= 11 is 0. The van der Waals surface area contributed by atoms with Gasteiger partial charge in [-0.25, -0.2) is 0 Å². The van der Waals surface area contributed by atoms with Crippen molar-refractivity contribution in [3.8, 4) is 0 Å². The third kappa shape index (κ3) is 4.28. The van der Waals surface area contributed by atoms with Gasteiger partial charge in [-0.2, -0.15) is 0 Å². The van der Waals surface area contributed by atoms with Crippen molar-refractivity contribution in [2.75, 3.05) is 23.3 Å². The van der Waals surface area contributed by atoms with Gasteiger partial charge in [0.2, 0.25) is 5.91 Å². The molecule has 0 radical (unpaired) electrons. The molecule has 2 aromatic rings. The Hall–Kier alpha value is -2.49. The Kier molecular flexibility index (Phi) is 5.36. The summed E-state index contributed by atoms with van der Waals surface area (Å²) in [6.07, 6.45) is 2.55. The second kappa shape index (κ2) is 7.86. The summed E-state index contributed by atoms with van der Waals surface area (Å²) in [5, 5.41) is 6.23. The fraction of sp³-hybridized carbons (Fsp3) is 0.350. The summed E-state index contributed by atoms with van der Waals surface area (Å²) in [5.74, 6) is 0.00229. The van der Waals surface area contributed by atoms with Crippen LogP contribution in [0.5, 0.6) is 0 Å². The van der Waals surface area contributed by atoms with Crippen LogP contribution in [0.3, 0.4) is 0 Å². The Labute approximate surface area is 143 Å². The summed E-state index contributed by atoms with van der Waals surface area (Å²) in [5.41, 5.74) is 3.34. The van der Waals surface area contributed by atoms with Crippen LogP contribution in [0.25, 0.3) is 0 Å². The van der Waals surface area contributed by atoms with Crippen molar-refractivity contribution in [3.63, 3.8) is 0 Å². The Morgan fingerprint density at radius 2 is 1.71 bits per heavy atom. The van der Waals surface area contributed by atoms with E-state index in [0.717, 1.165) is 24.3 Å². The standard InChI is InChI=1S/C20H25N3O/c1-16(20(24)21-15-17-7-3-2-4-8-17)22-18-9-11-19(12-10-18)23-13-5-6-14-23/h2-4,7-12,16,22H,5-6,13-15H2,1H3,(H,21,24)/t16-/m1/s1. The molecule has 4 heteroatoms. The second-order valence-corrected chi connectivity index (χ2v) is 6.31. The normalized spacial score (nSPS) is 15.1. The molecule has 0 bridgehead atoms. The minimum absolute atomic E-state index is 0.00229. The monoisotopic (exact) mass is 323 g/mol. The van der Waals surface area contributed by atoms with Crippen molar-refractivity contribution in [3.05, 3.63) is 60.2 Å². The molecule has 1 fully saturated rings. The first-order valence-corrected chi connectivity index (χ1v) is 8.65. The molecule has 1 heterocycles. The Morgan fingerprint density at radius 3 is 2.38 bits per heavy atom. The third-order valence-corrected chi connectivity index (χ3v) is 4.42. The van der Waals surface area contributed by atoms with E-state index in [0.29, 0.717) is 6.54 Å². The molecule has 4 nitrogen and oxygen atoms in total. The highest BCUT2D eigenvalue weighted by Crippen LogP contribution is 2.22. The summed E-state index contributed by atoms with van der Waals surface area (Å²) in [6, 6.07) is 18.0. The predicted octanol–water partition coefficient (Wildman–Crippen LogP) is 3.40. The van der Waals surface area contributed by atoms with Gasteiger partial charge in [0.1, 0.15) is 6.04 Å². The molecule has 0 spiro atoms. The van der Waals surface area contributed by atoms with Crippen molar-refractivity contribution in [2.45, 2.75) is 32.4 Å². The van der Waals surface area contributed by atoms with E-state index >= 15 is 0 Å². The minimum atomic E-state index is -0.272. The van der Waals surface area contributed by atoms with E-state index in [1.54, 1.807) is 0 Å². The SMILES string of the molecule is C[C@@H](Nc1ccc(N2CCCC2)cc1)C(=O)NCc1ccccc1. The van der Waals surface area contributed by atoms with E-state index in [1.807, 2.05) is 37.3 Å². The second-order valence-electron chi connectivity index (χ2n) is 6.31. The highest BCUT2D eigenvalue weighted by Gasteiger charge is 2.14. The highest BCUT2D eigenvalue weighted by molar-refractivity contribution is 5.84. The molecule has 1 aliphatic rings. The summed E-state index contributed by atoms with van der Waals surface area (Å²) < 4.78 is 0. The van der Waals surface area contributed by atoms with E-state index in [9.17, 15) is 4.79 Å². The maximum absolute atomic E-state index is 12.2. The van der Waals surface area contributed by atoms with Crippen molar-refractivity contribution >= 4 is 17.3 Å². The molecule has 1 amide bonds. The quantitative estimate of drug-likeness (QED) is 0.856. The molecule has 0 unspecified atom stereocenters. The van der Waals surface area contributed by atoms with Gasteiger partial charge in [0.25, 0.3) is 0 Å². The van der Waals surface area contributed by atoms with Crippen LogP contribution in [0.1, 0.15) is 25.3 Å². The van der Waals surface area contributed by atoms with Gasteiger partial charge in [-0.05, 0) is 49.6 Å². The number of nitrogens with one attached hydrogen (secondary N) is 2. The number of benzene rings is 2. The molecule has 1 aliphatic heterocycles. The molecule has 3 rings (SSSR count). The molecular formula is C20H25N3O. The Balaban J connectivity index is 1.50. The highest BCUT2D eigenvalue weighted by atomic mass is 16.2. The average molecular weight is 323 g/mol. The van der Waals surface area contributed by atoms with E-state index in [1.165, 1.54) is 18.5 Å². The molecule has 1 saturated heterocycles. The molecule has 1 atom stereocenters. The first kappa shape index (κ1) is 16.4. The molecule has 24 heavy (non-hydrogen) atoms. The minimum Gasteiger partial charge on any atom is -0.374 e. The number of rotatable bonds is 6. The Bertz CT molecular complexity index is 648. The lowest BCUT2D eigenvalue weighted by Crippen LogP contribution is -2.37. The maximum atomic E-state index is 12.2. The number of nitrogens with zero attached hydrogens (tertiary/aromatic N) is 1. The summed E-state index contributed by atoms with van der Waals surface area (Å²) in [7, 11) is 0. The number of amides is 1. The van der Waals surface area contributed by atoms with Crippen molar-refractivity contribution < 1.29 is 4.79 Å². The number of anilines is 2. The lowest BCUT2D eigenvalue weighted by Gasteiger charge is -2.19. The van der Waals surface area contributed by atoms with Gasteiger partial charge in [0.05, 0.1) is 0 Å². The molecular weight excluding hydrogens is 298 g/mol. The lowest BCUT2D eigenvalue weighted by molar-refractivity contribution is -0.121. The molecule has 0 aromatic heterocycles. The first-order valence-electron chi connectivity index (χ1n) is 8.65. The topological polar surface area (TPSA) is 44.4 Å². The average Bonchev–Trinajstić information content (AvgIpc) is 3.16. The number of carbonyl (C=O) groups excluding carboxylic acids is 1. The zero-order valence-electron chi connectivity index (χ0n) is 14.2. The predicted molar refractivity (Wildman–Crippen MR) is 99.3 cm³/mol. The van der Waals surface area contributed by atoms with Crippen molar-refractivity contribution in [2.24, 2.45) is 0 Å². The van der Waals surface area contributed by atoms with Crippen molar-refractivity contribution in [1.82, 2.24) is 5.32 Å². The van der Waals surface area contributed by atoms with Gasteiger partial charge in [-0.15, -0.1) is 0 Å². The number of hydrogen-bond donors (Lipinski definition) is 2. The van der Waals surface area contributed by atoms with Crippen LogP contribution in [0.2, 0.25) is 0 Å². The molecule has 2 N–H and O–H groups in total.